The highest BCUT2D eigenvalue weighted by Gasteiger charge is 2.44. The summed E-state index contributed by atoms with van der Waals surface area (Å²) in [6, 6.07) is 6.87. The van der Waals surface area contributed by atoms with Crippen LogP contribution in [-0.4, -0.2) is 59.2 Å². The smallest absolute Gasteiger partial charge is 0.0723 e. The lowest BCUT2D eigenvalue weighted by molar-refractivity contribution is -0.0454. The Morgan fingerprint density at radius 3 is 2.68 bits per heavy atom. The van der Waals surface area contributed by atoms with Gasteiger partial charge in [0.2, 0.25) is 0 Å². The van der Waals surface area contributed by atoms with Crippen molar-refractivity contribution in [1.82, 2.24) is 14.8 Å². The first-order valence-electron chi connectivity index (χ1n) is 8.83. The van der Waals surface area contributed by atoms with Crippen LogP contribution in [0.3, 0.4) is 0 Å². The highest BCUT2D eigenvalue weighted by Crippen LogP contribution is 2.38. The third-order valence-corrected chi connectivity index (χ3v) is 5.73. The molecule has 1 atom stereocenters. The number of pyridine rings is 1. The second-order valence-corrected chi connectivity index (χ2v) is 7.19. The van der Waals surface area contributed by atoms with Crippen molar-refractivity contribution in [3.8, 4) is 0 Å². The van der Waals surface area contributed by atoms with Crippen molar-refractivity contribution in [1.29, 1.82) is 0 Å². The van der Waals surface area contributed by atoms with Crippen molar-refractivity contribution in [2.24, 2.45) is 0 Å². The van der Waals surface area contributed by atoms with Gasteiger partial charge in [-0.2, -0.15) is 0 Å². The third-order valence-electron chi connectivity index (χ3n) is 5.73. The Balaban J connectivity index is 1.30. The Kier molecular flexibility index (Phi) is 4.16. The molecular formula is C18H27N3O. The molecule has 4 rings (SSSR count). The van der Waals surface area contributed by atoms with Crippen LogP contribution in [0.2, 0.25) is 0 Å². The van der Waals surface area contributed by atoms with E-state index in [-0.39, 0.29) is 5.60 Å². The van der Waals surface area contributed by atoms with E-state index in [1.807, 2.05) is 12.3 Å². The second kappa shape index (κ2) is 6.26. The Bertz CT molecular complexity index is 478. The van der Waals surface area contributed by atoms with Gasteiger partial charge in [0.15, 0.2) is 0 Å². The molecule has 3 fully saturated rings. The maximum Gasteiger partial charge on any atom is 0.0723 e. The van der Waals surface area contributed by atoms with E-state index in [0.717, 1.165) is 26.2 Å². The molecule has 0 amide bonds. The van der Waals surface area contributed by atoms with Crippen molar-refractivity contribution in [2.75, 3.05) is 32.8 Å². The summed E-state index contributed by atoms with van der Waals surface area (Å²) in [4.78, 5) is 9.64. The monoisotopic (exact) mass is 301 g/mol. The van der Waals surface area contributed by atoms with Crippen LogP contribution < -0.4 is 0 Å². The molecule has 0 aromatic carbocycles. The Morgan fingerprint density at radius 2 is 1.95 bits per heavy atom. The lowest BCUT2D eigenvalue weighted by Crippen LogP contribution is -2.44. The fourth-order valence-corrected chi connectivity index (χ4v) is 4.35. The van der Waals surface area contributed by atoms with Gasteiger partial charge in [-0.3, -0.25) is 14.8 Å². The normalized spacial score (nSPS) is 29.4. The molecular weight excluding hydrogens is 274 g/mol. The van der Waals surface area contributed by atoms with E-state index in [2.05, 4.69) is 26.9 Å². The van der Waals surface area contributed by atoms with E-state index in [1.54, 1.807) is 0 Å². The molecule has 1 spiro atoms. The number of piperidine rings is 1. The topological polar surface area (TPSA) is 28.6 Å². The van der Waals surface area contributed by atoms with Crippen LogP contribution >= 0.6 is 0 Å². The van der Waals surface area contributed by atoms with E-state index in [0.29, 0.717) is 6.04 Å². The van der Waals surface area contributed by atoms with E-state index in [1.165, 1.54) is 50.9 Å². The zero-order valence-electron chi connectivity index (χ0n) is 13.4. The highest BCUT2D eigenvalue weighted by atomic mass is 16.5. The molecule has 0 N–H and O–H groups in total. The fourth-order valence-electron chi connectivity index (χ4n) is 4.35. The number of rotatable bonds is 3. The second-order valence-electron chi connectivity index (χ2n) is 7.19. The van der Waals surface area contributed by atoms with Crippen molar-refractivity contribution in [3.05, 3.63) is 30.1 Å². The van der Waals surface area contributed by atoms with Gasteiger partial charge in [0.05, 0.1) is 17.9 Å². The largest absolute Gasteiger partial charge is 0.373 e. The summed E-state index contributed by atoms with van der Waals surface area (Å²) >= 11 is 0. The van der Waals surface area contributed by atoms with Gasteiger partial charge < -0.3 is 4.74 Å². The predicted molar refractivity (Wildman–Crippen MR) is 86.6 cm³/mol. The van der Waals surface area contributed by atoms with E-state index < -0.39 is 0 Å². The summed E-state index contributed by atoms with van der Waals surface area (Å²) in [7, 11) is 0. The van der Waals surface area contributed by atoms with Crippen molar-refractivity contribution in [3.63, 3.8) is 0 Å². The molecule has 0 radical (unpaired) electrons. The summed E-state index contributed by atoms with van der Waals surface area (Å²) in [6.45, 7) is 6.80. The molecule has 4 heterocycles. The third kappa shape index (κ3) is 3.05. The quantitative estimate of drug-likeness (QED) is 0.856. The van der Waals surface area contributed by atoms with Gasteiger partial charge in [-0.25, -0.2) is 0 Å². The van der Waals surface area contributed by atoms with Gasteiger partial charge in [0, 0.05) is 31.9 Å². The number of likely N-dealkylation sites (tertiary alicyclic amines) is 2. The molecule has 1 unspecified atom stereocenters. The Morgan fingerprint density at radius 1 is 1.14 bits per heavy atom. The minimum Gasteiger partial charge on any atom is -0.373 e. The zero-order valence-corrected chi connectivity index (χ0v) is 13.4. The van der Waals surface area contributed by atoms with Crippen molar-refractivity contribution >= 4 is 0 Å². The average Bonchev–Trinajstić information content (AvgIpc) is 3.21. The molecule has 0 saturated carbocycles. The van der Waals surface area contributed by atoms with E-state index in [9.17, 15) is 0 Å². The molecule has 0 aliphatic carbocycles. The minimum atomic E-state index is 0.174. The van der Waals surface area contributed by atoms with Gasteiger partial charge in [0.1, 0.15) is 0 Å². The lowest BCUT2D eigenvalue weighted by Gasteiger charge is -2.38. The van der Waals surface area contributed by atoms with Gasteiger partial charge in [-0.15, -0.1) is 0 Å². The first-order chi connectivity index (χ1) is 10.8. The molecule has 1 aromatic rings. The SMILES string of the molecule is c1ccc(CN2CCC3(CC2)CC(N2CCCC2)CO3)nc1. The van der Waals surface area contributed by atoms with E-state index >= 15 is 0 Å². The molecule has 3 saturated heterocycles. The molecule has 3 aliphatic heterocycles. The first-order valence-corrected chi connectivity index (χ1v) is 8.83. The Labute approximate surface area is 133 Å². The first kappa shape index (κ1) is 14.6. The maximum atomic E-state index is 6.32. The zero-order chi connectivity index (χ0) is 14.8. The summed E-state index contributed by atoms with van der Waals surface area (Å²) in [5, 5.41) is 0. The number of aromatic nitrogens is 1. The minimum absolute atomic E-state index is 0.174. The number of ether oxygens (including phenoxy) is 1. The molecule has 4 nitrogen and oxygen atoms in total. The summed E-state index contributed by atoms with van der Waals surface area (Å²) < 4.78 is 6.32. The Hall–Kier alpha value is -0.970. The van der Waals surface area contributed by atoms with Crippen LogP contribution in [0.1, 0.15) is 37.8 Å². The number of nitrogens with zero attached hydrogens (tertiary/aromatic N) is 3. The predicted octanol–water partition coefficient (Wildman–Crippen LogP) is 2.30. The van der Waals surface area contributed by atoms with Gasteiger partial charge in [0.25, 0.3) is 0 Å². The van der Waals surface area contributed by atoms with Crippen molar-refractivity contribution < 1.29 is 4.74 Å². The van der Waals surface area contributed by atoms with Gasteiger partial charge in [-0.1, -0.05) is 6.07 Å². The number of hydrogen-bond donors (Lipinski definition) is 0. The van der Waals surface area contributed by atoms with Crippen LogP contribution in [0.25, 0.3) is 0 Å². The summed E-state index contributed by atoms with van der Waals surface area (Å²) in [6.07, 6.45) is 8.27. The fraction of sp³-hybridized carbons (Fsp3) is 0.722. The van der Waals surface area contributed by atoms with Crippen LogP contribution in [0.4, 0.5) is 0 Å². The maximum absolute atomic E-state index is 6.32. The van der Waals surface area contributed by atoms with Crippen LogP contribution in [0.15, 0.2) is 24.4 Å². The van der Waals surface area contributed by atoms with E-state index in [4.69, 9.17) is 4.74 Å². The van der Waals surface area contributed by atoms with Crippen LogP contribution in [0.5, 0.6) is 0 Å². The summed E-state index contributed by atoms with van der Waals surface area (Å²) in [5.74, 6) is 0. The molecule has 1 aromatic heterocycles. The molecule has 22 heavy (non-hydrogen) atoms. The number of hydrogen-bond acceptors (Lipinski definition) is 4. The average molecular weight is 301 g/mol. The molecule has 4 heteroatoms. The van der Waals surface area contributed by atoms with Crippen LogP contribution in [0, 0.1) is 0 Å². The standard InChI is InChI=1S/C18H27N3O/c1-2-8-19-16(5-1)14-20-11-6-18(7-12-20)13-17(15-22-18)21-9-3-4-10-21/h1-2,5,8,17H,3-4,6-7,9-15H2. The summed E-state index contributed by atoms with van der Waals surface area (Å²) in [5.41, 5.74) is 1.36. The molecule has 3 aliphatic rings. The molecule has 0 bridgehead atoms. The van der Waals surface area contributed by atoms with Gasteiger partial charge >= 0.3 is 0 Å². The van der Waals surface area contributed by atoms with Gasteiger partial charge in [-0.05, 0) is 57.3 Å². The lowest BCUT2D eigenvalue weighted by atomic mass is 9.87. The van der Waals surface area contributed by atoms with Crippen LogP contribution in [-0.2, 0) is 11.3 Å². The molecule has 120 valence electrons. The van der Waals surface area contributed by atoms with Crippen molar-refractivity contribution in [2.45, 2.75) is 50.3 Å². The highest BCUT2D eigenvalue weighted by molar-refractivity contribution is 5.04.